The number of hydrogen-bond donors (Lipinski definition) is 2. The molecule has 3 nitrogen and oxygen atoms in total. The average Bonchev–Trinajstić information content (AvgIpc) is 3.36. The highest BCUT2D eigenvalue weighted by atomic mass is 127. The van der Waals surface area contributed by atoms with Gasteiger partial charge in [0.25, 0.3) is 0 Å². The average molecular weight is 419 g/mol. The van der Waals surface area contributed by atoms with Gasteiger partial charge in [-0.1, -0.05) is 6.07 Å². The summed E-state index contributed by atoms with van der Waals surface area (Å²) >= 11 is 1.83. The van der Waals surface area contributed by atoms with E-state index < -0.39 is 0 Å². The number of aliphatic imine (C=N–C) groups is 1. The van der Waals surface area contributed by atoms with Crippen LogP contribution in [-0.4, -0.2) is 25.6 Å². The molecule has 2 aliphatic carbocycles. The zero-order valence-corrected chi connectivity index (χ0v) is 15.9. The van der Waals surface area contributed by atoms with Crippen LogP contribution in [-0.2, 0) is 6.42 Å². The van der Waals surface area contributed by atoms with Crippen molar-refractivity contribution >= 4 is 41.3 Å². The van der Waals surface area contributed by atoms with Crippen LogP contribution < -0.4 is 10.6 Å². The first-order valence-corrected chi connectivity index (χ1v) is 8.75. The Morgan fingerprint density at radius 2 is 2.19 bits per heavy atom. The van der Waals surface area contributed by atoms with E-state index in [-0.39, 0.29) is 24.0 Å². The van der Waals surface area contributed by atoms with E-state index in [1.165, 1.54) is 30.6 Å². The van der Waals surface area contributed by atoms with Gasteiger partial charge in [0.2, 0.25) is 0 Å². The fraction of sp³-hybridized carbons (Fsp3) is 0.688. The molecule has 1 aromatic heterocycles. The highest BCUT2D eigenvalue weighted by molar-refractivity contribution is 14.0. The summed E-state index contributed by atoms with van der Waals surface area (Å²) in [5, 5.41) is 8.97. The molecule has 0 radical (unpaired) electrons. The summed E-state index contributed by atoms with van der Waals surface area (Å²) in [7, 11) is 0. The van der Waals surface area contributed by atoms with E-state index in [2.05, 4.69) is 35.1 Å². The van der Waals surface area contributed by atoms with Crippen molar-refractivity contribution in [3.05, 3.63) is 22.4 Å². The lowest BCUT2D eigenvalue weighted by atomic mass is 10.0. The van der Waals surface area contributed by atoms with E-state index in [0.29, 0.717) is 5.41 Å². The molecule has 0 atom stereocenters. The van der Waals surface area contributed by atoms with Crippen LogP contribution in [0.5, 0.6) is 0 Å². The fourth-order valence-corrected chi connectivity index (χ4v) is 3.60. The second kappa shape index (κ2) is 7.81. The van der Waals surface area contributed by atoms with Gasteiger partial charge in [-0.3, -0.25) is 4.99 Å². The second-order valence-electron chi connectivity index (χ2n) is 6.09. The lowest BCUT2D eigenvalue weighted by Crippen LogP contribution is -2.38. The molecule has 3 rings (SSSR count). The van der Waals surface area contributed by atoms with Gasteiger partial charge in [-0.2, -0.15) is 0 Å². The van der Waals surface area contributed by atoms with E-state index in [9.17, 15) is 0 Å². The Balaban J connectivity index is 0.00000161. The Morgan fingerprint density at radius 1 is 1.38 bits per heavy atom. The number of halogens is 1. The molecule has 5 heteroatoms. The Hall–Kier alpha value is -0.300. The van der Waals surface area contributed by atoms with Gasteiger partial charge in [0.05, 0.1) is 0 Å². The maximum atomic E-state index is 4.83. The number of nitrogens with zero attached hydrogens (tertiary/aromatic N) is 1. The van der Waals surface area contributed by atoms with E-state index in [1.807, 2.05) is 11.3 Å². The molecule has 0 bridgehead atoms. The van der Waals surface area contributed by atoms with Crippen molar-refractivity contribution in [1.29, 1.82) is 0 Å². The third kappa shape index (κ3) is 4.84. The molecule has 0 aromatic carbocycles. The summed E-state index contributed by atoms with van der Waals surface area (Å²) in [4.78, 5) is 6.26. The molecule has 0 unspecified atom stereocenters. The minimum absolute atomic E-state index is 0. The standard InChI is InChI=1S/C16H25N3S.HI/c1-2-17-15(18-10-7-14-4-3-11-20-14)19-12-16(8-9-16)13-5-6-13;/h3-4,11,13H,2,5-10,12H2,1H3,(H2,17,18,19);1H. The van der Waals surface area contributed by atoms with Crippen LogP contribution in [0.25, 0.3) is 0 Å². The van der Waals surface area contributed by atoms with Gasteiger partial charge in [0.15, 0.2) is 5.96 Å². The molecule has 2 fully saturated rings. The smallest absolute Gasteiger partial charge is 0.191 e. The molecule has 0 aliphatic heterocycles. The molecule has 0 saturated heterocycles. The van der Waals surface area contributed by atoms with E-state index >= 15 is 0 Å². The first-order valence-electron chi connectivity index (χ1n) is 7.87. The van der Waals surface area contributed by atoms with Gasteiger partial charge >= 0.3 is 0 Å². The summed E-state index contributed by atoms with van der Waals surface area (Å²) < 4.78 is 0. The lowest BCUT2D eigenvalue weighted by molar-refractivity contribution is 0.452. The highest BCUT2D eigenvalue weighted by Gasteiger charge is 2.53. The summed E-state index contributed by atoms with van der Waals surface area (Å²) in [6.07, 6.45) is 6.76. The van der Waals surface area contributed by atoms with Gasteiger partial charge < -0.3 is 10.6 Å². The van der Waals surface area contributed by atoms with Gasteiger partial charge in [0, 0.05) is 24.5 Å². The Bertz CT molecular complexity index is 450. The van der Waals surface area contributed by atoms with Crippen molar-refractivity contribution in [2.24, 2.45) is 16.3 Å². The van der Waals surface area contributed by atoms with E-state index in [4.69, 9.17) is 4.99 Å². The Kier molecular flexibility index (Phi) is 6.34. The summed E-state index contributed by atoms with van der Waals surface area (Å²) in [6, 6.07) is 4.31. The lowest BCUT2D eigenvalue weighted by Gasteiger charge is -2.14. The molecule has 1 heterocycles. The third-order valence-corrected chi connectivity index (χ3v) is 5.41. The zero-order chi connectivity index (χ0) is 13.8. The van der Waals surface area contributed by atoms with Crippen LogP contribution in [0.15, 0.2) is 22.5 Å². The number of guanidine groups is 1. The largest absolute Gasteiger partial charge is 0.357 e. The molecule has 1 aromatic rings. The topological polar surface area (TPSA) is 36.4 Å². The Morgan fingerprint density at radius 3 is 2.76 bits per heavy atom. The van der Waals surface area contributed by atoms with Crippen molar-refractivity contribution in [2.45, 2.75) is 39.0 Å². The molecule has 2 aliphatic rings. The summed E-state index contributed by atoms with van der Waals surface area (Å²) in [5.41, 5.74) is 0.593. The molecule has 0 spiro atoms. The van der Waals surface area contributed by atoms with E-state index in [1.54, 1.807) is 0 Å². The van der Waals surface area contributed by atoms with Gasteiger partial charge in [-0.05, 0) is 61.8 Å². The molecule has 118 valence electrons. The third-order valence-electron chi connectivity index (χ3n) is 4.48. The normalized spacial score (nSPS) is 19.8. The molecular weight excluding hydrogens is 393 g/mol. The number of hydrogen-bond acceptors (Lipinski definition) is 2. The molecule has 21 heavy (non-hydrogen) atoms. The molecular formula is C16H26IN3S. The minimum atomic E-state index is 0. The first-order chi connectivity index (χ1) is 9.82. The maximum Gasteiger partial charge on any atom is 0.191 e. The van der Waals surface area contributed by atoms with Crippen molar-refractivity contribution in [3.63, 3.8) is 0 Å². The number of nitrogens with one attached hydrogen (secondary N) is 2. The van der Waals surface area contributed by atoms with Crippen LogP contribution in [0.2, 0.25) is 0 Å². The van der Waals surface area contributed by atoms with Crippen LogP contribution in [0.1, 0.15) is 37.5 Å². The molecule has 2 N–H and O–H groups in total. The van der Waals surface area contributed by atoms with E-state index in [0.717, 1.165) is 37.9 Å². The van der Waals surface area contributed by atoms with Crippen LogP contribution in [0, 0.1) is 11.3 Å². The van der Waals surface area contributed by atoms with Crippen molar-refractivity contribution < 1.29 is 0 Å². The van der Waals surface area contributed by atoms with Crippen LogP contribution in [0.3, 0.4) is 0 Å². The summed E-state index contributed by atoms with van der Waals surface area (Å²) in [6.45, 7) is 5.04. The molecule has 0 amide bonds. The number of thiophene rings is 1. The van der Waals surface area contributed by atoms with Gasteiger partial charge in [0.1, 0.15) is 0 Å². The summed E-state index contributed by atoms with van der Waals surface area (Å²) in [5.74, 6) is 1.98. The SMILES string of the molecule is CCNC(=NCC1(C2CC2)CC1)NCCc1cccs1.I. The van der Waals surface area contributed by atoms with Crippen molar-refractivity contribution in [2.75, 3.05) is 19.6 Å². The second-order valence-corrected chi connectivity index (χ2v) is 7.12. The van der Waals surface area contributed by atoms with Crippen LogP contribution in [0.4, 0.5) is 0 Å². The first kappa shape index (κ1) is 17.1. The fourth-order valence-electron chi connectivity index (χ4n) is 2.89. The van der Waals surface area contributed by atoms with Crippen molar-refractivity contribution in [1.82, 2.24) is 10.6 Å². The predicted molar refractivity (Wildman–Crippen MR) is 102 cm³/mol. The minimum Gasteiger partial charge on any atom is -0.357 e. The quantitative estimate of drug-likeness (QED) is 0.402. The predicted octanol–water partition coefficient (Wildman–Crippen LogP) is 3.65. The van der Waals surface area contributed by atoms with Gasteiger partial charge in [-0.15, -0.1) is 35.3 Å². The Labute approximate surface area is 149 Å². The van der Waals surface area contributed by atoms with Crippen LogP contribution >= 0.6 is 35.3 Å². The van der Waals surface area contributed by atoms with Gasteiger partial charge in [-0.25, -0.2) is 0 Å². The maximum absolute atomic E-state index is 4.83. The van der Waals surface area contributed by atoms with Crippen molar-refractivity contribution in [3.8, 4) is 0 Å². The molecule has 2 saturated carbocycles. The number of rotatable bonds is 7. The zero-order valence-electron chi connectivity index (χ0n) is 12.7. The monoisotopic (exact) mass is 419 g/mol. The highest BCUT2D eigenvalue weighted by Crippen LogP contribution is 2.61.